The number of nitrogens with zero attached hydrogens (tertiary/aromatic N) is 1. The Labute approximate surface area is 163 Å². The summed E-state index contributed by atoms with van der Waals surface area (Å²) in [4.78, 5) is 24.4. The average Bonchev–Trinajstić information content (AvgIpc) is 2.61. The Morgan fingerprint density at radius 1 is 1.14 bits per heavy atom. The number of benzene rings is 2. The summed E-state index contributed by atoms with van der Waals surface area (Å²) in [6.07, 6.45) is -0.187. The smallest absolute Gasteiger partial charge is 0.327 e. The third-order valence-corrected chi connectivity index (χ3v) is 4.97. The van der Waals surface area contributed by atoms with Gasteiger partial charge in [0.05, 0.1) is 11.9 Å². The maximum atomic E-state index is 12.9. The number of rotatable bonds is 7. The van der Waals surface area contributed by atoms with E-state index >= 15 is 0 Å². The number of sulfonamides is 1. The summed E-state index contributed by atoms with van der Waals surface area (Å²) in [5.74, 6) is -1.95. The van der Waals surface area contributed by atoms with E-state index in [-0.39, 0.29) is 0 Å². The van der Waals surface area contributed by atoms with E-state index in [0.717, 1.165) is 10.6 Å². The molecule has 0 radical (unpaired) electrons. The van der Waals surface area contributed by atoms with E-state index in [2.05, 4.69) is 5.32 Å². The van der Waals surface area contributed by atoms with Crippen LogP contribution in [0.2, 0.25) is 0 Å². The number of para-hydroxylation sites is 1. The zero-order valence-corrected chi connectivity index (χ0v) is 16.5. The van der Waals surface area contributed by atoms with Crippen LogP contribution in [-0.2, 0) is 24.3 Å². The van der Waals surface area contributed by atoms with E-state index in [9.17, 15) is 22.4 Å². The molecule has 150 valence electrons. The SMILES string of the molecule is Cc1ccccc1N(CC(=O)O[C@@H](C)C(=O)Nc1ccc(F)cc1)S(C)(=O)=O. The third-order valence-electron chi connectivity index (χ3n) is 3.85. The lowest BCUT2D eigenvalue weighted by molar-refractivity contribution is -0.151. The normalized spacial score (nSPS) is 12.1. The summed E-state index contributed by atoms with van der Waals surface area (Å²) in [6, 6.07) is 11.8. The molecule has 0 saturated heterocycles. The lowest BCUT2D eigenvalue weighted by Crippen LogP contribution is -2.39. The van der Waals surface area contributed by atoms with E-state index < -0.39 is 40.4 Å². The summed E-state index contributed by atoms with van der Waals surface area (Å²) in [7, 11) is -3.75. The fourth-order valence-electron chi connectivity index (χ4n) is 2.41. The molecule has 0 aliphatic heterocycles. The van der Waals surface area contributed by atoms with Crippen LogP contribution in [0.1, 0.15) is 12.5 Å². The maximum Gasteiger partial charge on any atom is 0.327 e. The highest BCUT2D eigenvalue weighted by molar-refractivity contribution is 7.92. The molecule has 1 amide bonds. The zero-order valence-electron chi connectivity index (χ0n) is 15.7. The number of nitrogens with one attached hydrogen (secondary N) is 1. The third kappa shape index (κ3) is 5.78. The molecule has 0 aliphatic carbocycles. The Morgan fingerprint density at radius 2 is 1.75 bits per heavy atom. The monoisotopic (exact) mass is 408 g/mol. The lowest BCUT2D eigenvalue weighted by atomic mass is 10.2. The van der Waals surface area contributed by atoms with Crippen molar-refractivity contribution in [2.24, 2.45) is 0 Å². The second-order valence-corrected chi connectivity index (χ2v) is 8.09. The summed E-state index contributed by atoms with van der Waals surface area (Å²) < 4.78 is 43.1. The molecule has 0 spiro atoms. The molecule has 0 fully saturated rings. The number of carbonyl (C=O) groups is 2. The molecule has 7 nitrogen and oxygen atoms in total. The molecule has 1 N–H and O–H groups in total. The predicted octanol–water partition coefficient (Wildman–Crippen LogP) is 2.47. The van der Waals surface area contributed by atoms with Crippen molar-refractivity contribution in [3.8, 4) is 0 Å². The molecule has 9 heteroatoms. The van der Waals surface area contributed by atoms with Gasteiger partial charge in [-0.15, -0.1) is 0 Å². The Kier molecular flexibility index (Phi) is 6.74. The van der Waals surface area contributed by atoms with Gasteiger partial charge < -0.3 is 10.1 Å². The first-order valence-corrected chi connectivity index (χ1v) is 10.2. The Bertz CT molecular complexity index is 961. The zero-order chi connectivity index (χ0) is 20.9. The summed E-state index contributed by atoms with van der Waals surface area (Å²) in [5, 5.41) is 2.48. The predicted molar refractivity (Wildman–Crippen MR) is 104 cm³/mol. The van der Waals surface area contributed by atoms with E-state index in [1.807, 2.05) is 0 Å². The van der Waals surface area contributed by atoms with Crippen molar-refractivity contribution >= 4 is 33.3 Å². The van der Waals surface area contributed by atoms with Crippen LogP contribution in [0.4, 0.5) is 15.8 Å². The van der Waals surface area contributed by atoms with Gasteiger partial charge in [-0.25, -0.2) is 12.8 Å². The van der Waals surface area contributed by atoms with Crippen LogP contribution in [-0.4, -0.2) is 39.2 Å². The largest absolute Gasteiger partial charge is 0.451 e. The number of esters is 1. The fourth-order valence-corrected chi connectivity index (χ4v) is 3.31. The number of halogens is 1. The molecule has 2 aromatic carbocycles. The van der Waals surface area contributed by atoms with Crippen LogP contribution in [0.3, 0.4) is 0 Å². The molecule has 0 aromatic heterocycles. The van der Waals surface area contributed by atoms with Crippen LogP contribution in [0, 0.1) is 12.7 Å². The van der Waals surface area contributed by atoms with Crippen LogP contribution >= 0.6 is 0 Å². The van der Waals surface area contributed by atoms with Crippen LogP contribution in [0.5, 0.6) is 0 Å². The molecular formula is C19H21FN2O5S. The Balaban J connectivity index is 2.04. The maximum absolute atomic E-state index is 12.9. The van der Waals surface area contributed by atoms with Gasteiger partial charge in [-0.1, -0.05) is 18.2 Å². The molecule has 0 unspecified atom stereocenters. The van der Waals surface area contributed by atoms with Crippen molar-refractivity contribution in [1.29, 1.82) is 0 Å². The molecule has 0 heterocycles. The number of hydrogen-bond donors (Lipinski definition) is 1. The first-order valence-electron chi connectivity index (χ1n) is 8.37. The van der Waals surface area contributed by atoms with Gasteiger partial charge in [0.15, 0.2) is 6.10 Å². The van der Waals surface area contributed by atoms with Gasteiger partial charge >= 0.3 is 5.97 Å². The van der Waals surface area contributed by atoms with Crippen LogP contribution < -0.4 is 9.62 Å². The van der Waals surface area contributed by atoms with Crippen molar-refractivity contribution in [3.63, 3.8) is 0 Å². The van der Waals surface area contributed by atoms with Gasteiger partial charge in [-0.3, -0.25) is 13.9 Å². The van der Waals surface area contributed by atoms with Gasteiger partial charge in [0.1, 0.15) is 12.4 Å². The van der Waals surface area contributed by atoms with E-state index in [1.165, 1.54) is 31.2 Å². The molecule has 2 aromatic rings. The standard InChI is InChI=1S/C19H21FN2O5S/c1-13-6-4-5-7-17(13)22(28(3,25)26)12-18(23)27-14(2)19(24)21-16-10-8-15(20)9-11-16/h4-11,14H,12H2,1-3H3,(H,21,24)/t14-/m0/s1. The highest BCUT2D eigenvalue weighted by Crippen LogP contribution is 2.22. The lowest BCUT2D eigenvalue weighted by Gasteiger charge is -2.24. The van der Waals surface area contributed by atoms with Crippen molar-refractivity contribution in [2.45, 2.75) is 20.0 Å². The van der Waals surface area contributed by atoms with Gasteiger partial charge in [-0.05, 0) is 49.7 Å². The minimum absolute atomic E-state index is 0.340. The summed E-state index contributed by atoms with van der Waals surface area (Å²) in [6.45, 7) is 2.50. The van der Waals surface area contributed by atoms with Gasteiger partial charge in [-0.2, -0.15) is 0 Å². The van der Waals surface area contributed by atoms with Crippen molar-refractivity contribution in [3.05, 3.63) is 59.9 Å². The highest BCUT2D eigenvalue weighted by atomic mass is 32.2. The summed E-state index contributed by atoms with van der Waals surface area (Å²) in [5.41, 5.74) is 1.36. The first-order chi connectivity index (χ1) is 13.1. The van der Waals surface area contributed by atoms with E-state index in [0.29, 0.717) is 16.9 Å². The minimum Gasteiger partial charge on any atom is -0.451 e. The van der Waals surface area contributed by atoms with E-state index in [1.54, 1.807) is 31.2 Å². The second-order valence-electron chi connectivity index (χ2n) is 6.18. The molecule has 28 heavy (non-hydrogen) atoms. The highest BCUT2D eigenvalue weighted by Gasteiger charge is 2.25. The van der Waals surface area contributed by atoms with Gasteiger partial charge in [0.2, 0.25) is 10.0 Å². The molecule has 0 saturated carbocycles. The number of anilines is 2. The van der Waals surface area contributed by atoms with Crippen molar-refractivity contribution < 1.29 is 27.1 Å². The molecular weight excluding hydrogens is 387 g/mol. The minimum atomic E-state index is -3.75. The second kappa shape index (κ2) is 8.83. The van der Waals surface area contributed by atoms with Gasteiger partial charge in [0, 0.05) is 5.69 Å². The van der Waals surface area contributed by atoms with Gasteiger partial charge in [0.25, 0.3) is 5.91 Å². The first kappa shape index (κ1) is 21.4. The summed E-state index contributed by atoms with van der Waals surface area (Å²) >= 11 is 0. The molecule has 0 aliphatic rings. The number of amides is 1. The quantitative estimate of drug-likeness (QED) is 0.711. The average molecular weight is 408 g/mol. The van der Waals surface area contributed by atoms with Crippen LogP contribution in [0.15, 0.2) is 48.5 Å². The number of aryl methyl sites for hydroxylation is 1. The Morgan fingerprint density at radius 3 is 2.32 bits per heavy atom. The topological polar surface area (TPSA) is 92.8 Å². The van der Waals surface area contributed by atoms with Crippen molar-refractivity contribution in [2.75, 3.05) is 22.4 Å². The number of hydrogen-bond acceptors (Lipinski definition) is 5. The number of carbonyl (C=O) groups excluding carboxylic acids is 2. The molecule has 2 rings (SSSR count). The molecule has 0 bridgehead atoms. The van der Waals surface area contributed by atoms with E-state index in [4.69, 9.17) is 4.74 Å². The number of ether oxygens (including phenoxy) is 1. The van der Waals surface area contributed by atoms with Crippen molar-refractivity contribution in [1.82, 2.24) is 0 Å². The van der Waals surface area contributed by atoms with Crippen LogP contribution in [0.25, 0.3) is 0 Å². The Hall–Kier alpha value is -2.94. The fraction of sp³-hybridized carbons (Fsp3) is 0.263. The molecule has 1 atom stereocenters.